The van der Waals surface area contributed by atoms with Crippen molar-refractivity contribution in [3.8, 4) is 0 Å². The van der Waals surface area contributed by atoms with Gasteiger partial charge in [-0.1, -0.05) is 37.8 Å². The molecule has 2 N–H and O–H groups in total. The third-order valence-corrected chi connectivity index (χ3v) is 5.50. The summed E-state index contributed by atoms with van der Waals surface area (Å²) in [7, 11) is 0. The third-order valence-electron chi connectivity index (χ3n) is 5.50. The maximum atomic E-state index is 11.6. The molecule has 0 atom stereocenters. The van der Waals surface area contributed by atoms with Gasteiger partial charge in [-0.3, -0.25) is 4.79 Å². The number of carbonyl (C=O) groups excluding carboxylic acids is 1. The summed E-state index contributed by atoms with van der Waals surface area (Å²) in [6.07, 6.45) is 6.59. The zero-order valence-corrected chi connectivity index (χ0v) is 15.4. The van der Waals surface area contributed by atoms with E-state index in [2.05, 4.69) is 22.0 Å². The van der Waals surface area contributed by atoms with Crippen LogP contribution in [0.3, 0.4) is 0 Å². The quantitative estimate of drug-likeness (QED) is 0.605. The summed E-state index contributed by atoms with van der Waals surface area (Å²) >= 11 is 0. The van der Waals surface area contributed by atoms with Gasteiger partial charge in [-0.05, 0) is 48.7 Å². The van der Waals surface area contributed by atoms with E-state index >= 15 is 0 Å². The van der Waals surface area contributed by atoms with Crippen LogP contribution >= 0.6 is 0 Å². The lowest BCUT2D eigenvalue weighted by molar-refractivity contribution is 0.0904. The number of fused-ring (bicyclic) bond motifs is 1. The van der Waals surface area contributed by atoms with Crippen LogP contribution in [0.15, 0.2) is 48.5 Å². The van der Waals surface area contributed by atoms with Gasteiger partial charge in [-0.15, -0.1) is 0 Å². The molecule has 5 nitrogen and oxygen atoms in total. The van der Waals surface area contributed by atoms with Crippen LogP contribution in [0.2, 0.25) is 0 Å². The molecule has 0 saturated heterocycles. The first-order valence-corrected chi connectivity index (χ1v) is 9.71. The molecule has 0 amide bonds. The highest BCUT2D eigenvalue weighted by Gasteiger charge is 2.17. The summed E-state index contributed by atoms with van der Waals surface area (Å²) in [6, 6.07) is 15.4. The molecule has 1 heterocycles. The Bertz CT molecular complexity index is 924. The van der Waals surface area contributed by atoms with E-state index in [0.717, 1.165) is 35.1 Å². The number of carbonyl (C=O) groups is 1. The highest BCUT2D eigenvalue weighted by molar-refractivity contribution is 5.97. The number of hydrogen-bond donors (Lipinski definition) is 2. The van der Waals surface area contributed by atoms with Crippen molar-refractivity contribution < 1.29 is 9.90 Å². The highest BCUT2D eigenvalue weighted by Crippen LogP contribution is 2.30. The first-order chi connectivity index (χ1) is 13.2. The number of aryl methyl sites for hydroxylation is 1. The summed E-state index contributed by atoms with van der Waals surface area (Å²) in [5.74, 6) is 1.38. The number of rotatable bonds is 7. The lowest BCUT2D eigenvalue weighted by Gasteiger charge is -2.14. The van der Waals surface area contributed by atoms with Crippen molar-refractivity contribution in [3.05, 3.63) is 54.1 Å². The largest absolute Gasteiger partial charge is 0.388 e. The molecule has 1 fully saturated rings. The number of imidazole rings is 1. The van der Waals surface area contributed by atoms with Gasteiger partial charge in [0.05, 0.1) is 11.0 Å². The van der Waals surface area contributed by atoms with Crippen molar-refractivity contribution in [1.82, 2.24) is 9.55 Å². The molecular formula is C22H25N3O2. The van der Waals surface area contributed by atoms with Gasteiger partial charge < -0.3 is 15.0 Å². The predicted molar refractivity (Wildman–Crippen MR) is 107 cm³/mol. The van der Waals surface area contributed by atoms with E-state index in [-0.39, 0.29) is 5.78 Å². The van der Waals surface area contributed by atoms with Gasteiger partial charge in [0.25, 0.3) is 0 Å². The number of aromatic nitrogens is 2. The van der Waals surface area contributed by atoms with Gasteiger partial charge in [-0.25, -0.2) is 4.98 Å². The molecule has 1 aromatic heterocycles. The summed E-state index contributed by atoms with van der Waals surface area (Å²) in [6.45, 7) is 0.484. The minimum atomic E-state index is -0.469. The fourth-order valence-electron chi connectivity index (χ4n) is 3.97. The number of para-hydroxylation sites is 2. The molecule has 2 aromatic carbocycles. The smallest absolute Gasteiger partial charge is 0.208 e. The van der Waals surface area contributed by atoms with Crippen LogP contribution in [0.4, 0.5) is 11.6 Å². The van der Waals surface area contributed by atoms with Crippen LogP contribution < -0.4 is 5.32 Å². The number of benzene rings is 2. The number of Topliss-reactive ketones (excluding diaryl/α,β-unsaturated/α-hetero) is 1. The fourth-order valence-corrected chi connectivity index (χ4v) is 3.97. The van der Waals surface area contributed by atoms with Crippen molar-refractivity contribution in [2.45, 2.75) is 38.6 Å². The molecule has 140 valence electrons. The normalized spacial score (nSPS) is 14.7. The summed E-state index contributed by atoms with van der Waals surface area (Å²) in [5.41, 5.74) is 3.52. The Labute approximate surface area is 159 Å². The first kappa shape index (κ1) is 17.7. The maximum Gasteiger partial charge on any atom is 0.208 e. The second-order valence-electron chi connectivity index (χ2n) is 7.30. The molecule has 3 aromatic rings. The fraction of sp³-hybridized carbons (Fsp3) is 0.364. The first-order valence-electron chi connectivity index (χ1n) is 9.71. The van der Waals surface area contributed by atoms with Crippen LogP contribution in [-0.2, 0) is 6.54 Å². The zero-order valence-electron chi connectivity index (χ0n) is 15.4. The van der Waals surface area contributed by atoms with Crippen molar-refractivity contribution in [2.75, 3.05) is 11.9 Å². The number of anilines is 2. The summed E-state index contributed by atoms with van der Waals surface area (Å²) in [5, 5.41) is 12.4. The molecule has 5 heteroatoms. The number of nitrogens with zero attached hydrogens (tertiary/aromatic N) is 2. The molecular weight excluding hydrogens is 338 g/mol. The molecule has 1 aliphatic carbocycles. The van der Waals surface area contributed by atoms with Crippen LogP contribution in [0.5, 0.6) is 0 Å². The Morgan fingerprint density at radius 3 is 2.59 bits per heavy atom. The van der Waals surface area contributed by atoms with Gasteiger partial charge in [0, 0.05) is 17.8 Å². The van der Waals surface area contributed by atoms with Gasteiger partial charge in [0.1, 0.15) is 6.61 Å². The van der Waals surface area contributed by atoms with E-state index in [4.69, 9.17) is 10.1 Å². The van der Waals surface area contributed by atoms with Gasteiger partial charge in [-0.2, -0.15) is 0 Å². The number of aliphatic hydroxyl groups excluding tert-OH is 1. The average Bonchev–Trinajstić information content (AvgIpc) is 3.34. The predicted octanol–water partition coefficient (Wildman–Crippen LogP) is 4.54. The Hall–Kier alpha value is -2.66. The van der Waals surface area contributed by atoms with Crippen LogP contribution in [0.25, 0.3) is 11.0 Å². The average molecular weight is 363 g/mol. The van der Waals surface area contributed by atoms with Crippen LogP contribution in [0, 0.1) is 5.92 Å². The minimum Gasteiger partial charge on any atom is -0.388 e. The molecule has 0 bridgehead atoms. The lowest BCUT2D eigenvalue weighted by Crippen LogP contribution is -2.08. The second-order valence-corrected chi connectivity index (χ2v) is 7.30. The number of aliphatic hydroxyl groups is 1. The molecule has 0 aliphatic heterocycles. The van der Waals surface area contributed by atoms with Crippen LogP contribution in [-0.4, -0.2) is 27.0 Å². The van der Waals surface area contributed by atoms with Gasteiger partial charge >= 0.3 is 0 Å². The molecule has 4 rings (SSSR count). The second kappa shape index (κ2) is 7.92. The summed E-state index contributed by atoms with van der Waals surface area (Å²) < 4.78 is 2.26. The number of ketones is 1. The monoisotopic (exact) mass is 363 g/mol. The Morgan fingerprint density at radius 2 is 1.85 bits per heavy atom. The topological polar surface area (TPSA) is 67.2 Å². The third kappa shape index (κ3) is 3.88. The van der Waals surface area contributed by atoms with E-state index in [9.17, 15) is 4.79 Å². The van der Waals surface area contributed by atoms with Crippen molar-refractivity contribution in [1.29, 1.82) is 0 Å². The maximum absolute atomic E-state index is 11.6. The Kier molecular flexibility index (Phi) is 5.21. The highest BCUT2D eigenvalue weighted by atomic mass is 16.3. The van der Waals surface area contributed by atoms with Crippen molar-refractivity contribution in [3.63, 3.8) is 0 Å². The number of nitrogens with one attached hydrogen (secondary N) is 1. The zero-order chi connectivity index (χ0) is 18.6. The minimum absolute atomic E-state index is 0.273. The molecule has 27 heavy (non-hydrogen) atoms. The van der Waals surface area contributed by atoms with E-state index < -0.39 is 6.61 Å². The molecule has 0 spiro atoms. The van der Waals surface area contributed by atoms with E-state index in [1.165, 1.54) is 32.1 Å². The Morgan fingerprint density at radius 1 is 1.11 bits per heavy atom. The SMILES string of the molecule is O=C(CO)c1ccc(Nc2nc3ccccc3n2CCC2CCCC2)cc1. The van der Waals surface area contributed by atoms with E-state index in [1.807, 2.05) is 24.3 Å². The van der Waals surface area contributed by atoms with Crippen molar-refractivity contribution in [2.24, 2.45) is 5.92 Å². The molecule has 0 radical (unpaired) electrons. The standard InChI is InChI=1S/C22H25N3O2/c26-15-21(27)17-9-11-18(12-10-17)23-22-24-19-7-3-4-8-20(19)25(22)14-13-16-5-1-2-6-16/h3-4,7-12,16,26H,1-2,5-6,13-15H2,(H,23,24). The Balaban J connectivity index is 1.58. The lowest BCUT2D eigenvalue weighted by atomic mass is 10.0. The van der Waals surface area contributed by atoms with Gasteiger partial charge in [0.15, 0.2) is 5.78 Å². The van der Waals surface area contributed by atoms with Gasteiger partial charge in [0.2, 0.25) is 5.95 Å². The summed E-state index contributed by atoms with van der Waals surface area (Å²) in [4.78, 5) is 16.4. The van der Waals surface area contributed by atoms with E-state index in [0.29, 0.717) is 5.56 Å². The van der Waals surface area contributed by atoms with Crippen LogP contribution in [0.1, 0.15) is 42.5 Å². The van der Waals surface area contributed by atoms with E-state index in [1.54, 1.807) is 12.1 Å². The molecule has 1 aliphatic rings. The molecule has 0 unspecified atom stereocenters. The number of hydrogen-bond acceptors (Lipinski definition) is 4. The van der Waals surface area contributed by atoms with Crippen molar-refractivity contribution >= 4 is 28.5 Å². The molecule has 1 saturated carbocycles.